The molecule has 1 heterocycles. The molecule has 0 aromatic heterocycles. The molecule has 1 amide bonds. The van der Waals surface area contributed by atoms with Crippen LogP contribution in [0, 0.1) is 11.8 Å². The van der Waals surface area contributed by atoms with Crippen molar-refractivity contribution in [1.82, 2.24) is 4.90 Å². The fourth-order valence-electron chi connectivity index (χ4n) is 6.17. The molecule has 202 valence electrons. The monoisotopic (exact) mass is 527 g/mol. The number of rotatable bonds is 9. The Balaban J connectivity index is 1.31. The molecule has 5 atom stereocenters. The number of aliphatic carboxylic acids is 1. The highest BCUT2D eigenvalue weighted by molar-refractivity contribution is 5.88. The fraction of sp³-hybridized carbons (Fsp3) is 0.375. The maximum atomic E-state index is 14.1. The van der Waals surface area contributed by atoms with Crippen LogP contribution < -0.4 is 9.47 Å². The SMILES string of the molecule is COc1ccc2c(c1OCc1ccccc1)C[C@@H](C(=O)O)N(C(=O)[C@@H](O[C@@H]1CC[C@H]3C[C@H]31)c1ccccc1)C2. The van der Waals surface area contributed by atoms with Gasteiger partial charge < -0.3 is 24.2 Å². The summed E-state index contributed by atoms with van der Waals surface area (Å²) < 4.78 is 18.3. The highest BCUT2D eigenvalue weighted by Crippen LogP contribution is 2.54. The molecule has 3 aromatic rings. The van der Waals surface area contributed by atoms with Gasteiger partial charge in [-0.2, -0.15) is 0 Å². The summed E-state index contributed by atoms with van der Waals surface area (Å²) in [5, 5.41) is 10.3. The van der Waals surface area contributed by atoms with Gasteiger partial charge in [0.25, 0.3) is 5.91 Å². The van der Waals surface area contributed by atoms with Crippen molar-refractivity contribution in [1.29, 1.82) is 0 Å². The molecule has 1 aliphatic heterocycles. The first-order valence-corrected chi connectivity index (χ1v) is 13.6. The number of carbonyl (C=O) groups is 2. The van der Waals surface area contributed by atoms with Crippen molar-refractivity contribution in [2.75, 3.05) is 7.11 Å². The van der Waals surface area contributed by atoms with Crippen LogP contribution in [-0.2, 0) is 33.9 Å². The molecule has 0 spiro atoms. The van der Waals surface area contributed by atoms with Crippen LogP contribution in [0.1, 0.15) is 47.6 Å². The molecule has 3 aromatic carbocycles. The Labute approximate surface area is 228 Å². The minimum absolute atomic E-state index is 0.0340. The van der Waals surface area contributed by atoms with Gasteiger partial charge in [-0.05, 0) is 53.9 Å². The Bertz CT molecular complexity index is 1340. The number of hydrogen-bond donors (Lipinski definition) is 1. The number of nitrogens with zero attached hydrogens (tertiary/aromatic N) is 1. The molecule has 7 nitrogen and oxygen atoms in total. The van der Waals surface area contributed by atoms with Gasteiger partial charge in [0.15, 0.2) is 17.6 Å². The lowest BCUT2D eigenvalue weighted by molar-refractivity contribution is -0.160. The Morgan fingerprint density at radius 1 is 1.00 bits per heavy atom. The third kappa shape index (κ3) is 5.11. The highest BCUT2D eigenvalue weighted by Gasteiger charge is 2.50. The minimum Gasteiger partial charge on any atom is -0.493 e. The molecule has 7 heteroatoms. The van der Waals surface area contributed by atoms with Crippen LogP contribution in [0.4, 0.5) is 0 Å². The Kier molecular flexibility index (Phi) is 7.00. The number of ether oxygens (including phenoxy) is 3. The van der Waals surface area contributed by atoms with E-state index in [-0.39, 0.29) is 25.0 Å². The quantitative estimate of drug-likeness (QED) is 0.413. The second-order valence-corrected chi connectivity index (χ2v) is 10.7. The van der Waals surface area contributed by atoms with E-state index in [1.807, 2.05) is 72.8 Å². The number of carboxylic acids is 1. The Morgan fingerprint density at radius 2 is 1.74 bits per heavy atom. The molecule has 2 saturated carbocycles. The van der Waals surface area contributed by atoms with E-state index in [1.165, 1.54) is 4.90 Å². The van der Waals surface area contributed by atoms with Gasteiger partial charge in [0.05, 0.1) is 13.2 Å². The molecule has 3 aliphatic rings. The number of fused-ring (bicyclic) bond motifs is 2. The van der Waals surface area contributed by atoms with Crippen LogP contribution in [-0.4, -0.2) is 41.1 Å². The zero-order valence-corrected chi connectivity index (χ0v) is 22.0. The van der Waals surface area contributed by atoms with E-state index in [2.05, 4.69) is 0 Å². The Hall–Kier alpha value is -3.84. The average molecular weight is 528 g/mol. The third-order valence-corrected chi connectivity index (χ3v) is 8.36. The van der Waals surface area contributed by atoms with Gasteiger partial charge >= 0.3 is 5.97 Å². The van der Waals surface area contributed by atoms with Gasteiger partial charge in [-0.3, -0.25) is 4.79 Å². The molecular weight excluding hydrogens is 494 g/mol. The molecule has 6 rings (SSSR count). The zero-order valence-electron chi connectivity index (χ0n) is 22.0. The summed E-state index contributed by atoms with van der Waals surface area (Å²) >= 11 is 0. The zero-order chi connectivity index (χ0) is 26.9. The van der Waals surface area contributed by atoms with E-state index in [0.717, 1.165) is 41.5 Å². The molecule has 39 heavy (non-hydrogen) atoms. The number of methoxy groups -OCH3 is 1. The molecule has 0 bridgehead atoms. The third-order valence-electron chi connectivity index (χ3n) is 8.36. The molecule has 1 N–H and O–H groups in total. The minimum atomic E-state index is -1.05. The lowest BCUT2D eigenvalue weighted by atomic mass is 9.91. The number of benzene rings is 3. The first kappa shape index (κ1) is 25.4. The first-order chi connectivity index (χ1) is 19.0. The normalized spacial score (nSPS) is 23.9. The van der Waals surface area contributed by atoms with Crippen LogP contribution in [0.5, 0.6) is 11.5 Å². The van der Waals surface area contributed by atoms with Crippen molar-refractivity contribution in [3.63, 3.8) is 0 Å². The van der Waals surface area contributed by atoms with Gasteiger partial charge in [-0.25, -0.2) is 4.79 Å². The molecule has 0 radical (unpaired) electrons. The lowest BCUT2D eigenvalue weighted by Gasteiger charge is -2.38. The lowest BCUT2D eigenvalue weighted by Crippen LogP contribution is -2.51. The van der Waals surface area contributed by atoms with E-state index >= 15 is 0 Å². The van der Waals surface area contributed by atoms with E-state index in [9.17, 15) is 14.7 Å². The summed E-state index contributed by atoms with van der Waals surface area (Å²) in [5.41, 5.74) is 3.35. The van der Waals surface area contributed by atoms with Gasteiger partial charge in [-0.15, -0.1) is 0 Å². The van der Waals surface area contributed by atoms with Gasteiger partial charge in [-0.1, -0.05) is 66.7 Å². The maximum Gasteiger partial charge on any atom is 0.326 e. The predicted molar refractivity (Wildman–Crippen MR) is 144 cm³/mol. The van der Waals surface area contributed by atoms with Crippen molar-refractivity contribution in [3.8, 4) is 11.5 Å². The number of carboxylic acid groups (broad SMARTS) is 1. The standard InChI is InChI=1S/C32H33NO6/c1-37-28-15-13-23-18-33(26(32(35)36)17-25(23)30(28)38-19-20-8-4-2-5-9-20)31(34)29(21-10-6-3-7-11-21)39-27-14-12-22-16-24(22)27/h2-11,13,15,22,24,26-27,29H,12,14,16-19H2,1H3,(H,35,36)/t22-,24+,26-,27+,29-/m0/s1. The second kappa shape index (κ2) is 10.7. The van der Waals surface area contributed by atoms with E-state index in [4.69, 9.17) is 14.2 Å². The average Bonchev–Trinajstić information content (AvgIpc) is 3.65. The van der Waals surface area contributed by atoms with Crippen LogP contribution >= 0.6 is 0 Å². The maximum absolute atomic E-state index is 14.1. The highest BCUT2D eigenvalue weighted by atomic mass is 16.5. The number of amides is 1. The van der Waals surface area contributed by atoms with Crippen molar-refractivity contribution >= 4 is 11.9 Å². The topological polar surface area (TPSA) is 85.3 Å². The summed E-state index contributed by atoms with van der Waals surface area (Å²) in [5.74, 6) is 0.919. The van der Waals surface area contributed by atoms with E-state index < -0.39 is 18.1 Å². The number of hydrogen-bond acceptors (Lipinski definition) is 5. The van der Waals surface area contributed by atoms with Crippen molar-refractivity contribution in [3.05, 3.63) is 95.1 Å². The van der Waals surface area contributed by atoms with Gasteiger partial charge in [0.2, 0.25) is 0 Å². The molecule has 2 aliphatic carbocycles. The molecule has 0 unspecified atom stereocenters. The second-order valence-electron chi connectivity index (χ2n) is 10.7. The summed E-state index contributed by atoms with van der Waals surface area (Å²) in [6, 6.07) is 21.9. The van der Waals surface area contributed by atoms with Crippen molar-refractivity contribution < 1.29 is 28.9 Å². The van der Waals surface area contributed by atoms with E-state index in [0.29, 0.717) is 29.9 Å². The van der Waals surface area contributed by atoms with E-state index in [1.54, 1.807) is 7.11 Å². The smallest absolute Gasteiger partial charge is 0.326 e. The molecule has 2 fully saturated rings. The first-order valence-electron chi connectivity index (χ1n) is 13.6. The predicted octanol–water partition coefficient (Wildman–Crippen LogP) is 5.17. The summed E-state index contributed by atoms with van der Waals surface area (Å²) in [4.78, 5) is 28.2. The summed E-state index contributed by atoms with van der Waals surface area (Å²) in [6.45, 7) is 0.474. The fourth-order valence-corrected chi connectivity index (χ4v) is 6.17. The van der Waals surface area contributed by atoms with Crippen molar-refractivity contribution in [2.24, 2.45) is 11.8 Å². The van der Waals surface area contributed by atoms with Gasteiger partial charge in [0, 0.05) is 18.5 Å². The van der Waals surface area contributed by atoms with Crippen LogP contribution in [0.25, 0.3) is 0 Å². The number of carbonyl (C=O) groups excluding carboxylic acids is 1. The van der Waals surface area contributed by atoms with Crippen molar-refractivity contribution in [2.45, 2.75) is 57.1 Å². The van der Waals surface area contributed by atoms with Crippen LogP contribution in [0.3, 0.4) is 0 Å². The summed E-state index contributed by atoms with van der Waals surface area (Å²) in [7, 11) is 1.57. The molecule has 0 saturated heterocycles. The largest absolute Gasteiger partial charge is 0.493 e. The molecular formula is C32H33NO6. The Morgan fingerprint density at radius 3 is 2.38 bits per heavy atom. The summed E-state index contributed by atoms with van der Waals surface area (Å²) in [6.07, 6.45) is 2.54. The van der Waals surface area contributed by atoms with Crippen LogP contribution in [0.2, 0.25) is 0 Å². The van der Waals surface area contributed by atoms with Gasteiger partial charge in [0.1, 0.15) is 12.6 Å². The van der Waals surface area contributed by atoms with Crippen LogP contribution in [0.15, 0.2) is 72.8 Å².